The minimum atomic E-state index is 0.656. The molecule has 0 aliphatic carbocycles. The van der Waals surface area contributed by atoms with E-state index in [0.29, 0.717) is 12.5 Å². The van der Waals surface area contributed by atoms with Gasteiger partial charge >= 0.3 is 0 Å². The van der Waals surface area contributed by atoms with E-state index in [0.717, 1.165) is 12.2 Å². The lowest BCUT2D eigenvalue weighted by molar-refractivity contribution is 0.220. The van der Waals surface area contributed by atoms with Gasteiger partial charge in [0.15, 0.2) is 0 Å². The van der Waals surface area contributed by atoms with Crippen molar-refractivity contribution in [1.82, 2.24) is 25.1 Å². The van der Waals surface area contributed by atoms with E-state index >= 15 is 0 Å². The van der Waals surface area contributed by atoms with E-state index in [9.17, 15) is 0 Å². The Labute approximate surface area is 153 Å². The van der Waals surface area contributed by atoms with Gasteiger partial charge in [-0.15, -0.1) is 0 Å². The van der Waals surface area contributed by atoms with Crippen LogP contribution in [0.2, 0.25) is 0 Å². The zero-order valence-electron chi connectivity index (χ0n) is 14.9. The number of rotatable bonds is 6. The summed E-state index contributed by atoms with van der Waals surface area (Å²) in [5, 5.41) is 15.4. The first kappa shape index (κ1) is 16.7. The molecule has 1 aliphatic heterocycles. The highest BCUT2D eigenvalue weighted by Gasteiger charge is 2.13. The molecule has 0 unspecified atom stereocenters. The van der Waals surface area contributed by atoms with Crippen LogP contribution in [0.1, 0.15) is 30.4 Å². The lowest BCUT2D eigenvalue weighted by atomic mass is 10.0. The monoisotopic (exact) mass is 348 g/mol. The Hall–Kier alpha value is -2.73. The summed E-state index contributed by atoms with van der Waals surface area (Å²) in [7, 11) is 0. The molecule has 0 atom stereocenters. The van der Waals surface area contributed by atoms with Crippen LogP contribution in [0, 0.1) is 0 Å². The molecule has 1 aliphatic rings. The van der Waals surface area contributed by atoms with Crippen LogP contribution < -0.4 is 5.32 Å². The summed E-state index contributed by atoms with van der Waals surface area (Å²) >= 11 is 0. The zero-order valence-corrected chi connectivity index (χ0v) is 14.9. The van der Waals surface area contributed by atoms with E-state index in [4.69, 9.17) is 0 Å². The van der Waals surface area contributed by atoms with Crippen LogP contribution in [0.3, 0.4) is 0 Å². The molecule has 2 heterocycles. The van der Waals surface area contributed by atoms with Crippen molar-refractivity contribution >= 4 is 5.95 Å². The van der Waals surface area contributed by atoms with Gasteiger partial charge in [-0.25, -0.2) is 0 Å². The highest BCUT2D eigenvalue weighted by Crippen LogP contribution is 2.18. The molecule has 0 spiro atoms. The average molecular weight is 348 g/mol. The zero-order chi connectivity index (χ0) is 17.6. The maximum absolute atomic E-state index is 4.13. The summed E-state index contributed by atoms with van der Waals surface area (Å²) in [6.45, 7) is 4.13. The van der Waals surface area contributed by atoms with Crippen molar-refractivity contribution in [3.05, 3.63) is 65.7 Å². The molecule has 1 fully saturated rings. The number of anilines is 1. The van der Waals surface area contributed by atoms with E-state index in [1.165, 1.54) is 43.5 Å². The first-order chi connectivity index (χ1) is 12.9. The highest BCUT2D eigenvalue weighted by molar-refractivity contribution is 5.39. The van der Waals surface area contributed by atoms with Crippen LogP contribution in [-0.2, 0) is 13.1 Å². The molecule has 1 saturated heterocycles. The van der Waals surface area contributed by atoms with Crippen LogP contribution in [0.5, 0.6) is 0 Å². The van der Waals surface area contributed by atoms with Crippen molar-refractivity contribution in [3.8, 4) is 5.69 Å². The fraction of sp³-hybridized carbons (Fsp3) is 0.350. The summed E-state index contributed by atoms with van der Waals surface area (Å²) in [5.74, 6) is 0.656. The molecule has 4 rings (SSSR count). The van der Waals surface area contributed by atoms with E-state index in [1.54, 1.807) is 4.68 Å². The molecule has 0 saturated carbocycles. The maximum Gasteiger partial charge on any atom is 0.248 e. The first-order valence-electron chi connectivity index (χ1n) is 9.27. The van der Waals surface area contributed by atoms with Gasteiger partial charge in [-0.1, -0.05) is 54.0 Å². The van der Waals surface area contributed by atoms with Gasteiger partial charge in [-0.05, 0) is 59.6 Å². The van der Waals surface area contributed by atoms with Gasteiger partial charge in [-0.2, -0.15) is 4.68 Å². The van der Waals surface area contributed by atoms with Crippen LogP contribution in [0.25, 0.3) is 5.69 Å². The Kier molecular flexibility index (Phi) is 5.21. The van der Waals surface area contributed by atoms with Crippen molar-refractivity contribution in [2.75, 3.05) is 18.4 Å². The SMILES string of the molecule is c1ccc(-n2nnnc2NCc2ccccc2CN2CCCCC2)cc1. The van der Waals surface area contributed by atoms with Crippen molar-refractivity contribution in [1.29, 1.82) is 0 Å². The second kappa shape index (κ2) is 8.10. The van der Waals surface area contributed by atoms with Crippen LogP contribution in [-0.4, -0.2) is 38.2 Å². The number of para-hydroxylation sites is 1. The van der Waals surface area contributed by atoms with Gasteiger partial charge in [0, 0.05) is 13.1 Å². The van der Waals surface area contributed by atoms with Gasteiger partial charge in [0.05, 0.1) is 5.69 Å². The number of nitrogens with one attached hydrogen (secondary N) is 1. The Morgan fingerprint density at radius 1 is 0.846 bits per heavy atom. The summed E-state index contributed by atoms with van der Waals surface area (Å²) in [5.41, 5.74) is 3.61. The van der Waals surface area contributed by atoms with Crippen molar-refractivity contribution in [2.24, 2.45) is 0 Å². The van der Waals surface area contributed by atoms with E-state index in [-0.39, 0.29) is 0 Å². The summed E-state index contributed by atoms with van der Waals surface area (Å²) in [6, 6.07) is 18.6. The molecule has 0 amide bonds. The summed E-state index contributed by atoms with van der Waals surface area (Å²) in [4.78, 5) is 2.55. The molecule has 0 radical (unpaired) electrons. The fourth-order valence-corrected chi connectivity index (χ4v) is 3.46. The summed E-state index contributed by atoms with van der Waals surface area (Å²) < 4.78 is 1.73. The Balaban J connectivity index is 1.46. The van der Waals surface area contributed by atoms with Crippen molar-refractivity contribution < 1.29 is 0 Å². The number of likely N-dealkylation sites (tertiary alicyclic amines) is 1. The Bertz CT molecular complexity index is 823. The van der Waals surface area contributed by atoms with E-state index in [2.05, 4.69) is 50.0 Å². The third kappa shape index (κ3) is 3.91. The molecule has 2 aromatic carbocycles. The fourth-order valence-electron chi connectivity index (χ4n) is 3.46. The molecular formula is C20H24N6. The molecule has 1 aromatic heterocycles. The van der Waals surface area contributed by atoms with Crippen molar-refractivity contribution in [3.63, 3.8) is 0 Å². The number of hydrogen-bond acceptors (Lipinski definition) is 5. The molecule has 1 N–H and O–H groups in total. The largest absolute Gasteiger partial charge is 0.349 e. The van der Waals surface area contributed by atoms with Gasteiger partial charge in [-0.3, -0.25) is 4.90 Å². The predicted molar refractivity (Wildman–Crippen MR) is 102 cm³/mol. The van der Waals surface area contributed by atoms with E-state index < -0.39 is 0 Å². The second-order valence-corrected chi connectivity index (χ2v) is 6.71. The first-order valence-corrected chi connectivity index (χ1v) is 9.27. The van der Waals surface area contributed by atoms with Gasteiger partial charge < -0.3 is 5.32 Å². The molecule has 26 heavy (non-hydrogen) atoms. The van der Waals surface area contributed by atoms with E-state index in [1.807, 2.05) is 30.3 Å². The molecule has 134 valence electrons. The number of hydrogen-bond donors (Lipinski definition) is 1. The minimum absolute atomic E-state index is 0.656. The maximum atomic E-state index is 4.13. The number of tetrazole rings is 1. The van der Waals surface area contributed by atoms with Gasteiger partial charge in [0.25, 0.3) is 0 Å². The predicted octanol–water partition coefficient (Wildman–Crippen LogP) is 3.26. The topological polar surface area (TPSA) is 58.9 Å². The lowest BCUT2D eigenvalue weighted by Gasteiger charge is -2.27. The molecular weight excluding hydrogens is 324 g/mol. The Morgan fingerprint density at radius 2 is 1.58 bits per heavy atom. The van der Waals surface area contributed by atoms with Crippen molar-refractivity contribution in [2.45, 2.75) is 32.4 Å². The van der Waals surface area contributed by atoms with Crippen LogP contribution >= 0.6 is 0 Å². The van der Waals surface area contributed by atoms with Gasteiger partial charge in [0.2, 0.25) is 5.95 Å². The lowest BCUT2D eigenvalue weighted by Crippen LogP contribution is -2.29. The number of piperidine rings is 1. The quantitative estimate of drug-likeness (QED) is 0.741. The minimum Gasteiger partial charge on any atom is -0.349 e. The molecule has 6 nitrogen and oxygen atoms in total. The Morgan fingerprint density at radius 3 is 2.38 bits per heavy atom. The molecule has 0 bridgehead atoms. The van der Waals surface area contributed by atoms with Crippen LogP contribution in [0.15, 0.2) is 54.6 Å². The number of benzene rings is 2. The molecule has 3 aromatic rings. The second-order valence-electron chi connectivity index (χ2n) is 6.71. The van der Waals surface area contributed by atoms with Crippen LogP contribution in [0.4, 0.5) is 5.95 Å². The number of aromatic nitrogens is 4. The third-order valence-corrected chi connectivity index (χ3v) is 4.87. The van der Waals surface area contributed by atoms with Gasteiger partial charge in [0.1, 0.15) is 0 Å². The smallest absolute Gasteiger partial charge is 0.248 e. The third-order valence-electron chi connectivity index (χ3n) is 4.87. The molecule has 6 heteroatoms. The highest BCUT2D eigenvalue weighted by atomic mass is 15.6. The summed E-state index contributed by atoms with van der Waals surface area (Å²) in [6.07, 6.45) is 3.99. The normalized spacial score (nSPS) is 15.1. The number of nitrogens with zero attached hydrogens (tertiary/aromatic N) is 5. The average Bonchev–Trinajstić information content (AvgIpc) is 3.17. The standard InChI is InChI=1S/C20H24N6/c1-3-11-19(12-4-1)26-20(22-23-24-26)21-15-17-9-5-6-10-18(17)16-25-13-7-2-8-14-25/h1,3-6,9-12H,2,7-8,13-16H2,(H,21,22,24).